The number of nitrogens with zero attached hydrogens (tertiary/aromatic N) is 2. The van der Waals surface area contributed by atoms with Crippen molar-refractivity contribution in [2.45, 2.75) is 6.54 Å². The van der Waals surface area contributed by atoms with Crippen LogP contribution < -0.4 is 5.32 Å². The van der Waals surface area contributed by atoms with Crippen LogP contribution in [0.15, 0.2) is 36.8 Å². The Morgan fingerprint density at radius 2 is 1.94 bits per heavy atom. The van der Waals surface area contributed by atoms with Crippen molar-refractivity contribution in [2.75, 3.05) is 0 Å². The first kappa shape index (κ1) is 9.03. The summed E-state index contributed by atoms with van der Waals surface area (Å²) in [5.41, 5.74) is 3.61. The van der Waals surface area contributed by atoms with E-state index in [1.807, 2.05) is 18.2 Å². The largest absolute Gasteiger partial charge is 0.347 e. The molecule has 78 valence electrons. The number of aromatic nitrogens is 2. The van der Waals surface area contributed by atoms with Gasteiger partial charge in [-0.1, -0.05) is 0 Å². The summed E-state index contributed by atoms with van der Waals surface area (Å²) < 4.78 is 0. The molecule has 0 fully saturated rings. The molecule has 0 saturated heterocycles. The molecular weight excluding hydrogens is 202 g/mol. The van der Waals surface area contributed by atoms with Crippen molar-refractivity contribution in [1.29, 1.82) is 0 Å². The van der Waals surface area contributed by atoms with Crippen molar-refractivity contribution < 1.29 is 4.79 Å². The van der Waals surface area contributed by atoms with E-state index in [1.165, 1.54) is 0 Å². The van der Waals surface area contributed by atoms with Gasteiger partial charge < -0.3 is 5.32 Å². The molecule has 2 aromatic heterocycles. The van der Waals surface area contributed by atoms with Gasteiger partial charge in [0.25, 0.3) is 5.91 Å². The number of amides is 1. The predicted octanol–water partition coefficient (Wildman–Crippen LogP) is 1.39. The molecular formula is C12H9N3O. The molecule has 3 rings (SSSR count). The highest BCUT2D eigenvalue weighted by Gasteiger charge is 2.23. The third-order valence-corrected chi connectivity index (χ3v) is 2.69. The lowest BCUT2D eigenvalue weighted by Gasteiger charge is -2.05. The summed E-state index contributed by atoms with van der Waals surface area (Å²) in [5, 5.41) is 2.78. The van der Waals surface area contributed by atoms with Crippen LogP contribution in [0, 0.1) is 0 Å². The number of pyridine rings is 2. The summed E-state index contributed by atoms with van der Waals surface area (Å²) in [7, 11) is 0. The van der Waals surface area contributed by atoms with E-state index in [4.69, 9.17) is 0 Å². The second-order valence-electron chi connectivity index (χ2n) is 3.60. The highest BCUT2D eigenvalue weighted by atomic mass is 16.2. The van der Waals surface area contributed by atoms with E-state index in [9.17, 15) is 4.79 Å². The van der Waals surface area contributed by atoms with E-state index in [0.717, 1.165) is 16.7 Å². The zero-order valence-corrected chi connectivity index (χ0v) is 8.47. The molecule has 1 aliphatic rings. The second-order valence-corrected chi connectivity index (χ2v) is 3.60. The standard InChI is InChI=1S/C12H9N3O/c16-12-11-10(7-15-12)9(3-6-14-11)8-1-4-13-5-2-8/h1-6H,7H2,(H,15,16). The quantitative estimate of drug-likeness (QED) is 0.775. The zero-order valence-electron chi connectivity index (χ0n) is 8.47. The van der Waals surface area contributed by atoms with Crippen LogP contribution in [0.25, 0.3) is 11.1 Å². The fraction of sp³-hybridized carbons (Fsp3) is 0.0833. The molecule has 0 aliphatic carbocycles. The molecule has 0 spiro atoms. The van der Waals surface area contributed by atoms with Gasteiger partial charge in [0.1, 0.15) is 5.69 Å². The van der Waals surface area contributed by atoms with E-state index >= 15 is 0 Å². The molecule has 0 aromatic carbocycles. The smallest absolute Gasteiger partial charge is 0.270 e. The van der Waals surface area contributed by atoms with Gasteiger partial charge in [-0.2, -0.15) is 0 Å². The van der Waals surface area contributed by atoms with Crippen molar-refractivity contribution in [2.24, 2.45) is 0 Å². The molecule has 1 N–H and O–H groups in total. The maximum atomic E-state index is 11.5. The number of rotatable bonds is 1. The van der Waals surface area contributed by atoms with Crippen LogP contribution in [0.5, 0.6) is 0 Å². The summed E-state index contributed by atoms with van der Waals surface area (Å²) in [4.78, 5) is 19.5. The Hall–Kier alpha value is -2.23. The van der Waals surface area contributed by atoms with E-state index in [-0.39, 0.29) is 5.91 Å². The average molecular weight is 211 g/mol. The van der Waals surface area contributed by atoms with Gasteiger partial charge in [0.05, 0.1) is 0 Å². The van der Waals surface area contributed by atoms with Crippen LogP contribution in [-0.4, -0.2) is 15.9 Å². The van der Waals surface area contributed by atoms with E-state index in [2.05, 4.69) is 15.3 Å². The minimum absolute atomic E-state index is 0.0918. The summed E-state index contributed by atoms with van der Waals surface area (Å²) >= 11 is 0. The van der Waals surface area contributed by atoms with Crippen LogP contribution in [-0.2, 0) is 6.54 Å². The van der Waals surface area contributed by atoms with Gasteiger partial charge >= 0.3 is 0 Å². The Morgan fingerprint density at radius 1 is 1.12 bits per heavy atom. The summed E-state index contributed by atoms with van der Waals surface area (Å²) in [6.45, 7) is 0.555. The molecule has 4 nitrogen and oxygen atoms in total. The zero-order chi connectivity index (χ0) is 11.0. The Bertz CT molecular complexity index is 551. The Kier molecular flexibility index (Phi) is 1.93. The van der Waals surface area contributed by atoms with Gasteiger partial charge in [-0.05, 0) is 29.3 Å². The topological polar surface area (TPSA) is 54.9 Å². The van der Waals surface area contributed by atoms with Crippen LogP contribution in [0.2, 0.25) is 0 Å². The van der Waals surface area contributed by atoms with Crippen LogP contribution in [0.4, 0.5) is 0 Å². The van der Waals surface area contributed by atoms with Gasteiger partial charge in [0.2, 0.25) is 0 Å². The fourth-order valence-corrected chi connectivity index (χ4v) is 1.92. The maximum absolute atomic E-state index is 11.5. The van der Waals surface area contributed by atoms with Crippen molar-refractivity contribution in [1.82, 2.24) is 15.3 Å². The number of carbonyl (C=O) groups is 1. The van der Waals surface area contributed by atoms with Crippen LogP contribution in [0.1, 0.15) is 16.1 Å². The van der Waals surface area contributed by atoms with E-state index in [1.54, 1.807) is 18.6 Å². The minimum Gasteiger partial charge on any atom is -0.347 e. The van der Waals surface area contributed by atoms with Crippen molar-refractivity contribution >= 4 is 5.91 Å². The first-order chi connectivity index (χ1) is 7.86. The molecule has 0 atom stereocenters. The number of hydrogen-bond donors (Lipinski definition) is 1. The molecule has 16 heavy (non-hydrogen) atoms. The second kappa shape index (κ2) is 3.41. The predicted molar refractivity (Wildman–Crippen MR) is 58.6 cm³/mol. The molecule has 1 amide bonds. The van der Waals surface area contributed by atoms with E-state index in [0.29, 0.717) is 12.2 Å². The lowest BCUT2D eigenvalue weighted by Crippen LogP contribution is -2.13. The number of fused-ring (bicyclic) bond motifs is 1. The SMILES string of the molecule is O=C1NCc2c(-c3ccncc3)ccnc21. The Labute approximate surface area is 92.4 Å². The number of hydrogen-bond acceptors (Lipinski definition) is 3. The highest BCUT2D eigenvalue weighted by Crippen LogP contribution is 2.27. The van der Waals surface area contributed by atoms with Gasteiger partial charge in [-0.25, -0.2) is 0 Å². The van der Waals surface area contributed by atoms with Gasteiger partial charge in [-0.15, -0.1) is 0 Å². The molecule has 0 saturated carbocycles. The van der Waals surface area contributed by atoms with Crippen molar-refractivity contribution in [3.8, 4) is 11.1 Å². The summed E-state index contributed by atoms with van der Waals surface area (Å²) in [6.07, 6.45) is 5.15. The lowest BCUT2D eigenvalue weighted by molar-refractivity contribution is 0.0961. The monoisotopic (exact) mass is 211 g/mol. The first-order valence-electron chi connectivity index (χ1n) is 5.03. The molecule has 2 aromatic rings. The first-order valence-corrected chi connectivity index (χ1v) is 5.03. The van der Waals surface area contributed by atoms with Crippen molar-refractivity contribution in [3.63, 3.8) is 0 Å². The third kappa shape index (κ3) is 1.27. The summed E-state index contributed by atoms with van der Waals surface area (Å²) in [5.74, 6) is -0.0918. The minimum atomic E-state index is -0.0918. The van der Waals surface area contributed by atoms with Gasteiger partial charge in [0.15, 0.2) is 0 Å². The highest BCUT2D eigenvalue weighted by molar-refractivity contribution is 5.98. The number of nitrogens with one attached hydrogen (secondary N) is 1. The van der Waals surface area contributed by atoms with Gasteiger partial charge in [0, 0.05) is 30.7 Å². The molecule has 3 heterocycles. The molecule has 0 bridgehead atoms. The number of carbonyl (C=O) groups excluding carboxylic acids is 1. The molecule has 1 aliphatic heterocycles. The summed E-state index contributed by atoms with van der Waals surface area (Å²) in [6, 6.07) is 5.78. The molecule has 4 heteroatoms. The van der Waals surface area contributed by atoms with Crippen molar-refractivity contribution in [3.05, 3.63) is 48.0 Å². The lowest BCUT2D eigenvalue weighted by atomic mass is 10.0. The van der Waals surface area contributed by atoms with Gasteiger partial charge in [-0.3, -0.25) is 14.8 Å². The third-order valence-electron chi connectivity index (χ3n) is 2.69. The van der Waals surface area contributed by atoms with Crippen LogP contribution >= 0.6 is 0 Å². The van der Waals surface area contributed by atoms with Crippen LogP contribution in [0.3, 0.4) is 0 Å². The maximum Gasteiger partial charge on any atom is 0.270 e. The fourth-order valence-electron chi connectivity index (χ4n) is 1.92. The van der Waals surface area contributed by atoms with E-state index < -0.39 is 0 Å². The average Bonchev–Trinajstić information content (AvgIpc) is 2.73. The Morgan fingerprint density at radius 3 is 2.75 bits per heavy atom. The Balaban J connectivity index is 2.20. The normalized spacial score (nSPS) is 13.4. The molecule has 0 radical (unpaired) electrons. The molecule has 0 unspecified atom stereocenters.